The van der Waals surface area contributed by atoms with E-state index in [4.69, 9.17) is 4.74 Å². The van der Waals surface area contributed by atoms with Gasteiger partial charge in [-0.25, -0.2) is 0 Å². The molecule has 1 aromatic carbocycles. The monoisotopic (exact) mass is 397 g/mol. The van der Waals surface area contributed by atoms with E-state index in [0.717, 1.165) is 30.5 Å². The molecule has 0 spiro atoms. The Morgan fingerprint density at radius 3 is 2.44 bits per heavy atom. The van der Waals surface area contributed by atoms with Crippen molar-refractivity contribution in [3.8, 4) is 0 Å². The lowest BCUT2D eigenvalue weighted by Crippen LogP contribution is -2.44. The Morgan fingerprint density at radius 1 is 1.15 bits per heavy atom. The van der Waals surface area contributed by atoms with E-state index in [2.05, 4.69) is 16.8 Å². The van der Waals surface area contributed by atoms with Gasteiger partial charge in [-0.05, 0) is 59.3 Å². The number of halogens is 3. The highest BCUT2D eigenvalue weighted by atomic mass is 32.1. The molecular weight excluding hydrogens is 375 g/mol. The number of ether oxygens (including phenoxy) is 1. The lowest BCUT2D eigenvalue weighted by Gasteiger charge is -2.37. The van der Waals surface area contributed by atoms with Gasteiger partial charge in [0.2, 0.25) is 5.91 Å². The van der Waals surface area contributed by atoms with E-state index in [1.165, 1.54) is 17.7 Å². The van der Waals surface area contributed by atoms with Crippen molar-refractivity contribution in [1.29, 1.82) is 0 Å². The van der Waals surface area contributed by atoms with Gasteiger partial charge in [0.1, 0.15) is 0 Å². The number of thiophene rings is 1. The number of hydrogen-bond donors (Lipinski definition) is 1. The molecule has 3 rings (SSSR count). The standard InChI is InChI=1S/C20H22F3NO2S/c21-20(22,23)16-4-1-15(2-5-16)3-6-18(25)24-14-19(8-10-26-11-9-19)17-7-12-27-13-17/h1-2,4-5,7,12-13H,3,6,8-11,14H2,(H,24,25). The van der Waals surface area contributed by atoms with E-state index < -0.39 is 11.7 Å². The SMILES string of the molecule is O=C(CCc1ccc(C(F)(F)F)cc1)NCC1(c2ccsc2)CCOCC1. The summed E-state index contributed by atoms with van der Waals surface area (Å²) in [6.07, 6.45) is -1.94. The highest BCUT2D eigenvalue weighted by molar-refractivity contribution is 7.08. The molecule has 1 saturated heterocycles. The maximum atomic E-state index is 12.6. The Balaban J connectivity index is 1.53. The van der Waals surface area contributed by atoms with Gasteiger partial charge in [0.25, 0.3) is 0 Å². The van der Waals surface area contributed by atoms with Crippen LogP contribution >= 0.6 is 11.3 Å². The topological polar surface area (TPSA) is 38.3 Å². The molecule has 0 aliphatic carbocycles. The van der Waals surface area contributed by atoms with Crippen LogP contribution in [0.1, 0.15) is 36.0 Å². The number of rotatable bonds is 6. The first kappa shape index (κ1) is 19.9. The van der Waals surface area contributed by atoms with Crippen LogP contribution in [0.3, 0.4) is 0 Å². The second-order valence-electron chi connectivity index (χ2n) is 6.88. The molecule has 27 heavy (non-hydrogen) atoms. The van der Waals surface area contributed by atoms with Gasteiger partial charge >= 0.3 is 6.18 Å². The van der Waals surface area contributed by atoms with E-state index in [0.29, 0.717) is 26.2 Å². The first-order chi connectivity index (χ1) is 12.9. The Bertz CT molecular complexity index is 736. The van der Waals surface area contributed by atoms with Crippen LogP contribution in [0.2, 0.25) is 0 Å². The van der Waals surface area contributed by atoms with Gasteiger partial charge in [0.05, 0.1) is 5.56 Å². The van der Waals surface area contributed by atoms with Gasteiger partial charge in [-0.3, -0.25) is 4.79 Å². The first-order valence-electron chi connectivity index (χ1n) is 8.92. The van der Waals surface area contributed by atoms with Crippen LogP contribution in [-0.2, 0) is 27.5 Å². The van der Waals surface area contributed by atoms with Crippen molar-refractivity contribution in [3.05, 3.63) is 57.8 Å². The van der Waals surface area contributed by atoms with Crippen LogP contribution in [0, 0.1) is 0 Å². The summed E-state index contributed by atoms with van der Waals surface area (Å²) in [5, 5.41) is 7.18. The smallest absolute Gasteiger partial charge is 0.381 e. The van der Waals surface area contributed by atoms with Gasteiger partial charge in [0, 0.05) is 31.6 Å². The number of amides is 1. The number of nitrogens with one attached hydrogen (secondary N) is 1. The second kappa shape index (κ2) is 8.44. The average Bonchev–Trinajstić information content (AvgIpc) is 3.21. The molecule has 1 amide bonds. The van der Waals surface area contributed by atoms with Crippen molar-refractivity contribution in [3.63, 3.8) is 0 Å². The number of aryl methyl sites for hydroxylation is 1. The van der Waals surface area contributed by atoms with Crippen molar-refractivity contribution in [2.24, 2.45) is 0 Å². The largest absolute Gasteiger partial charge is 0.416 e. The van der Waals surface area contributed by atoms with E-state index in [1.54, 1.807) is 11.3 Å². The zero-order valence-electron chi connectivity index (χ0n) is 14.8. The van der Waals surface area contributed by atoms with Crippen LogP contribution in [0.4, 0.5) is 13.2 Å². The van der Waals surface area contributed by atoms with Crippen molar-refractivity contribution in [2.75, 3.05) is 19.8 Å². The van der Waals surface area contributed by atoms with Crippen LogP contribution in [0.15, 0.2) is 41.1 Å². The third kappa shape index (κ3) is 5.11. The predicted molar refractivity (Wildman–Crippen MR) is 98.8 cm³/mol. The minimum Gasteiger partial charge on any atom is -0.381 e. The summed E-state index contributed by atoms with van der Waals surface area (Å²) in [4.78, 5) is 12.3. The number of hydrogen-bond acceptors (Lipinski definition) is 3. The molecule has 1 aliphatic rings. The molecular formula is C20H22F3NO2S. The summed E-state index contributed by atoms with van der Waals surface area (Å²) in [6.45, 7) is 1.91. The van der Waals surface area contributed by atoms with Crippen LogP contribution in [-0.4, -0.2) is 25.7 Å². The molecule has 0 atom stereocenters. The van der Waals surface area contributed by atoms with E-state index in [1.807, 2.05) is 5.38 Å². The minimum absolute atomic E-state index is 0.0870. The van der Waals surface area contributed by atoms with Gasteiger partial charge < -0.3 is 10.1 Å². The van der Waals surface area contributed by atoms with Crippen molar-refractivity contribution >= 4 is 17.2 Å². The Labute approximate surface area is 160 Å². The fourth-order valence-electron chi connectivity index (χ4n) is 3.37. The molecule has 0 saturated carbocycles. The maximum absolute atomic E-state index is 12.6. The van der Waals surface area contributed by atoms with E-state index in [9.17, 15) is 18.0 Å². The molecule has 0 radical (unpaired) electrons. The van der Waals surface area contributed by atoms with E-state index >= 15 is 0 Å². The van der Waals surface area contributed by atoms with E-state index in [-0.39, 0.29) is 17.7 Å². The molecule has 1 aromatic heterocycles. The highest BCUT2D eigenvalue weighted by Gasteiger charge is 2.35. The third-order valence-corrected chi connectivity index (χ3v) is 5.81. The first-order valence-corrected chi connectivity index (χ1v) is 9.87. The van der Waals surface area contributed by atoms with Crippen LogP contribution in [0.25, 0.3) is 0 Å². The number of benzene rings is 1. The number of alkyl halides is 3. The lowest BCUT2D eigenvalue weighted by molar-refractivity contribution is -0.137. The zero-order chi connectivity index (χ0) is 19.3. The minimum atomic E-state index is -4.34. The van der Waals surface area contributed by atoms with Crippen LogP contribution < -0.4 is 5.32 Å². The van der Waals surface area contributed by atoms with Crippen molar-refractivity contribution < 1.29 is 22.7 Å². The quantitative estimate of drug-likeness (QED) is 0.776. The Kier molecular flexibility index (Phi) is 6.22. The van der Waals surface area contributed by atoms with Crippen molar-refractivity contribution in [2.45, 2.75) is 37.3 Å². The molecule has 1 N–H and O–H groups in total. The van der Waals surface area contributed by atoms with Crippen molar-refractivity contribution in [1.82, 2.24) is 5.32 Å². The fourth-order valence-corrected chi connectivity index (χ4v) is 4.15. The van der Waals surface area contributed by atoms with Gasteiger partial charge in [-0.15, -0.1) is 0 Å². The van der Waals surface area contributed by atoms with Crippen LogP contribution in [0.5, 0.6) is 0 Å². The fraction of sp³-hybridized carbons (Fsp3) is 0.450. The molecule has 7 heteroatoms. The van der Waals surface area contributed by atoms with Gasteiger partial charge in [-0.1, -0.05) is 12.1 Å². The number of carbonyl (C=O) groups excluding carboxylic acids is 1. The summed E-state index contributed by atoms with van der Waals surface area (Å²) in [5.41, 5.74) is 1.19. The molecule has 3 nitrogen and oxygen atoms in total. The van der Waals surface area contributed by atoms with Gasteiger partial charge in [-0.2, -0.15) is 24.5 Å². The molecule has 0 bridgehead atoms. The molecule has 0 unspecified atom stereocenters. The average molecular weight is 397 g/mol. The molecule has 2 aromatic rings. The molecule has 2 heterocycles. The summed E-state index contributed by atoms with van der Waals surface area (Å²) in [6, 6.07) is 7.08. The maximum Gasteiger partial charge on any atom is 0.416 e. The second-order valence-corrected chi connectivity index (χ2v) is 7.66. The number of carbonyl (C=O) groups is 1. The summed E-state index contributed by atoms with van der Waals surface area (Å²) in [7, 11) is 0. The summed E-state index contributed by atoms with van der Waals surface area (Å²) < 4.78 is 43.3. The Hall–Kier alpha value is -1.86. The zero-order valence-corrected chi connectivity index (χ0v) is 15.7. The molecule has 146 valence electrons. The Morgan fingerprint density at radius 2 is 1.85 bits per heavy atom. The summed E-state index contributed by atoms with van der Waals surface area (Å²) >= 11 is 1.64. The summed E-state index contributed by atoms with van der Waals surface area (Å²) in [5.74, 6) is -0.0870. The lowest BCUT2D eigenvalue weighted by atomic mass is 9.75. The molecule has 1 fully saturated rings. The molecule has 1 aliphatic heterocycles. The van der Waals surface area contributed by atoms with Gasteiger partial charge in [0.15, 0.2) is 0 Å². The predicted octanol–water partition coefficient (Wildman–Crippen LogP) is 4.56. The normalized spacial score (nSPS) is 16.9. The third-order valence-electron chi connectivity index (χ3n) is 5.13. The highest BCUT2D eigenvalue weighted by Crippen LogP contribution is 2.35.